The van der Waals surface area contributed by atoms with Gasteiger partial charge in [0.05, 0.1) is 0 Å². The minimum atomic E-state index is -5.29. The van der Waals surface area contributed by atoms with Crippen molar-refractivity contribution in [3.05, 3.63) is 6.92 Å². The third-order valence-corrected chi connectivity index (χ3v) is 4.91. The van der Waals surface area contributed by atoms with Crippen LogP contribution in [0.15, 0.2) is 0 Å². The Hall–Kier alpha value is -0.300. The normalized spacial score (nSPS) is 19.7. The number of hydrogen-bond acceptors (Lipinski definition) is 7. The zero-order valence-corrected chi connectivity index (χ0v) is 10.3. The summed E-state index contributed by atoms with van der Waals surface area (Å²) in [6, 6.07) is 0. The zero-order valence-electron chi connectivity index (χ0n) is 8.62. The van der Waals surface area contributed by atoms with E-state index in [1.165, 1.54) is 0 Å². The van der Waals surface area contributed by atoms with E-state index in [4.69, 9.17) is 14.2 Å². The Morgan fingerprint density at radius 1 is 1.06 bits per heavy atom. The van der Waals surface area contributed by atoms with E-state index in [1.54, 1.807) is 0 Å². The highest BCUT2D eigenvalue weighted by Gasteiger charge is 2.53. The SMILES string of the molecule is [CH2]C(O)C(O)(O)C(C(C)S(=O)(=O)O)S(=O)(=O)O. The predicted octanol–water partition coefficient (Wildman–Crippen LogP) is -2.61. The van der Waals surface area contributed by atoms with Gasteiger partial charge in [0.25, 0.3) is 20.2 Å². The van der Waals surface area contributed by atoms with Gasteiger partial charge in [-0.2, -0.15) is 16.8 Å². The molecule has 0 amide bonds. The van der Waals surface area contributed by atoms with Gasteiger partial charge < -0.3 is 15.3 Å². The number of hydrogen-bond donors (Lipinski definition) is 5. The van der Waals surface area contributed by atoms with Crippen molar-refractivity contribution in [2.24, 2.45) is 0 Å². The van der Waals surface area contributed by atoms with Crippen molar-refractivity contribution >= 4 is 20.2 Å². The summed E-state index contributed by atoms with van der Waals surface area (Å²) in [5.74, 6) is -3.55. The van der Waals surface area contributed by atoms with Crippen LogP contribution < -0.4 is 0 Å². The highest BCUT2D eigenvalue weighted by atomic mass is 32.2. The summed E-state index contributed by atoms with van der Waals surface area (Å²) >= 11 is 0. The molecule has 0 fully saturated rings. The maximum absolute atomic E-state index is 10.9. The first-order chi connectivity index (χ1) is 7.22. The van der Waals surface area contributed by atoms with Gasteiger partial charge in [-0.1, -0.05) is 0 Å². The third kappa shape index (κ3) is 3.84. The van der Waals surface area contributed by atoms with Crippen LogP contribution in [0.5, 0.6) is 0 Å². The fourth-order valence-electron chi connectivity index (χ4n) is 1.15. The number of aliphatic hydroxyl groups excluding tert-OH is 1. The molecule has 0 bridgehead atoms. The van der Waals surface area contributed by atoms with Crippen LogP contribution in [0.4, 0.5) is 0 Å². The first-order valence-electron chi connectivity index (χ1n) is 4.10. The monoisotopic (exact) mass is 293 g/mol. The van der Waals surface area contributed by atoms with Crippen LogP contribution in [0.2, 0.25) is 0 Å². The highest BCUT2D eigenvalue weighted by Crippen LogP contribution is 2.25. The lowest BCUT2D eigenvalue weighted by atomic mass is 10.1. The summed E-state index contributed by atoms with van der Waals surface area (Å²) in [5, 5.41) is 22.3. The van der Waals surface area contributed by atoms with E-state index in [2.05, 4.69) is 6.92 Å². The summed E-state index contributed by atoms with van der Waals surface area (Å²) in [6.45, 7) is 3.32. The molecule has 0 aliphatic carbocycles. The van der Waals surface area contributed by atoms with E-state index in [1.807, 2.05) is 0 Å². The zero-order chi connectivity index (χ0) is 14.2. The van der Waals surface area contributed by atoms with Gasteiger partial charge in [-0.3, -0.25) is 9.11 Å². The molecular weight excluding hydrogens is 280 g/mol. The summed E-state index contributed by atoms with van der Waals surface area (Å²) in [7, 11) is -10.3. The molecular formula is C6H13O9S2. The Labute approximate surface area is 98.2 Å². The molecule has 9 nitrogen and oxygen atoms in total. The van der Waals surface area contributed by atoms with Crippen LogP contribution in [0.1, 0.15) is 6.92 Å². The summed E-state index contributed by atoms with van der Waals surface area (Å²) in [6.07, 6.45) is -2.33. The molecule has 3 atom stereocenters. The molecule has 0 aromatic rings. The molecule has 0 rings (SSSR count). The average Bonchev–Trinajstić information content (AvgIpc) is 1.98. The molecule has 0 aromatic heterocycles. The first kappa shape index (κ1) is 16.7. The number of aliphatic hydroxyl groups is 3. The molecule has 3 unspecified atom stereocenters. The molecule has 0 spiro atoms. The maximum Gasteiger partial charge on any atom is 0.274 e. The topological polar surface area (TPSA) is 169 Å². The average molecular weight is 293 g/mol. The van der Waals surface area contributed by atoms with Gasteiger partial charge in [-0.05, 0) is 13.8 Å². The van der Waals surface area contributed by atoms with Crippen LogP contribution in [-0.4, -0.2) is 63.7 Å². The van der Waals surface area contributed by atoms with Gasteiger partial charge in [0, 0.05) is 0 Å². The Balaban J connectivity index is 5.81. The lowest BCUT2D eigenvalue weighted by molar-refractivity contribution is -0.212. The lowest BCUT2D eigenvalue weighted by Crippen LogP contribution is -2.60. The van der Waals surface area contributed by atoms with E-state index in [0.717, 1.165) is 0 Å². The van der Waals surface area contributed by atoms with Crippen LogP contribution in [0, 0.1) is 6.92 Å². The van der Waals surface area contributed by atoms with Crippen LogP contribution >= 0.6 is 0 Å². The summed E-state index contributed by atoms with van der Waals surface area (Å²) in [4.78, 5) is 0. The van der Waals surface area contributed by atoms with Gasteiger partial charge in [0.15, 0.2) is 5.25 Å². The van der Waals surface area contributed by atoms with Crippen molar-refractivity contribution in [2.45, 2.75) is 29.3 Å². The van der Waals surface area contributed by atoms with Crippen molar-refractivity contribution in [1.82, 2.24) is 0 Å². The second-order valence-electron chi connectivity index (χ2n) is 3.45. The largest absolute Gasteiger partial charge is 0.387 e. The molecule has 103 valence electrons. The molecule has 1 radical (unpaired) electrons. The Morgan fingerprint density at radius 2 is 1.41 bits per heavy atom. The van der Waals surface area contributed by atoms with Gasteiger partial charge in [0.2, 0.25) is 5.79 Å². The maximum atomic E-state index is 10.9. The van der Waals surface area contributed by atoms with E-state index < -0.39 is 42.6 Å². The van der Waals surface area contributed by atoms with Crippen molar-refractivity contribution < 1.29 is 41.3 Å². The second-order valence-corrected chi connectivity index (χ2v) is 6.77. The van der Waals surface area contributed by atoms with Gasteiger partial charge in [-0.15, -0.1) is 0 Å². The Bertz CT molecular complexity index is 460. The molecule has 0 aliphatic heterocycles. The highest BCUT2D eigenvalue weighted by molar-refractivity contribution is 7.90. The minimum absolute atomic E-state index is 0.608. The van der Waals surface area contributed by atoms with Gasteiger partial charge in [-0.25, -0.2) is 0 Å². The van der Waals surface area contributed by atoms with Crippen molar-refractivity contribution in [2.75, 3.05) is 0 Å². The van der Waals surface area contributed by atoms with E-state index >= 15 is 0 Å². The molecule has 0 aromatic carbocycles. The van der Waals surface area contributed by atoms with Gasteiger partial charge in [0.1, 0.15) is 11.4 Å². The molecule has 0 aliphatic rings. The fourth-order valence-corrected chi connectivity index (χ4v) is 3.59. The van der Waals surface area contributed by atoms with Gasteiger partial charge >= 0.3 is 0 Å². The Morgan fingerprint density at radius 3 is 1.59 bits per heavy atom. The molecule has 5 N–H and O–H groups in total. The van der Waals surface area contributed by atoms with Crippen molar-refractivity contribution in [1.29, 1.82) is 0 Å². The second kappa shape index (κ2) is 4.76. The molecule has 0 saturated carbocycles. The molecule has 0 saturated heterocycles. The predicted molar refractivity (Wildman–Crippen MR) is 54.9 cm³/mol. The first-order valence-corrected chi connectivity index (χ1v) is 7.11. The lowest BCUT2D eigenvalue weighted by Gasteiger charge is -2.33. The van der Waals surface area contributed by atoms with E-state index in [0.29, 0.717) is 6.92 Å². The summed E-state index contributed by atoms with van der Waals surface area (Å²) < 4.78 is 60.6. The van der Waals surface area contributed by atoms with E-state index in [-0.39, 0.29) is 0 Å². The minimum Gasteiger partial charge on any atom is -0.387 e. The van der Waals surface area contributed by atoms with Crippen molar-refractivity contribution in [3.63, 3.8) is 0 Å². The molecule has 0 heterocycles. The summed E-state index contributed by atoms with van der Waals surface area (Å²) in [5.41, 5.74) is 0. The van der Waals surface area contributed by atoms with Crippen LogP contribution in [0.3, 0.4) is 0 Å². The van der Waals surface area contributed by atoms with Crippen LogP contribution in [-0.2, 0) is 20.2 Å². The smallest absolute Gasteiger partial charge is 0.274 e. The van der Waals surface area contributed by atoms with Crippen LogP contribution in [0.25, 0.3) is 0 Å². The quantitative estimate of drug-likeness (QED) is 0.269. The third-order valence-electron chi connectivity index (χ3n) is 2.13. The molecule has 17 heavy (non-hydrogen) atoms. The fraction of sp³-hybridized carbons (Fsp3) is 0.833. The number of rotatable bonds is 5. The van der Waals surface area contributed by atoms with E-state index in [9.17, 15) is 27.0 Å². The molecule has 11 heteroatoms. The standard InChI is InChI=1S/C6H13O9S2/c1-3(16(10,11)12)5(17(13,14)15)6(8,9)4(2)7/h3-5,7-9H,2H2,1H3,(H,10,11,12)(H,13,14,15). The Kier molecular flexibility index (Phi) is 4.67. The van der Waals surface area contributed by atoms with Crippen molar-refractivity contribution in [3.8, 4) is 0 Å².